The minimum atomic E-state index is -0.280. The highest BCUT2D eigenvalue weighted by Crippen LogP contribution is 2.02. The molecule has 0 spiro atoms. The van der Waals surface area contributed by atoms with E-state index in [-0.39, 0.29) is 6.29 Å². The van der Waals surface area contributed by atoms with Crippen LogP contribution in [-0.4, -0.2) is 36.1 Å². The molecule has 0 aliphatic carbocycles. The van der Waals surface area contributed by atoms with Gasteiger partial charge in [-0.15, -0.1) is 0 Å². The van der Waals surface area contributed by atoms with Crippen LogP contribution in [0.25, 0.3) is 0 Å². The number of ether oxygens (including phenoxy) is 2. The first-order valence-corrected chi connectivity index (χ1v) is 6.35. The Kier molecular flexibility index (Phi) is 7.24. The van der Waals surface area contributed by atoms with Gasteiger partial charge < -0.3 is 20.1 Å². The molecule has 0 bridgehead atoms. The number of rotatable bonds is 7. The average molecular weight is 269 g/mol. The van der Waals surface area contributed by atoms with Crippen LogP contribution in [0.5, 0.6) is 0 Å². The molecule has 6 heteroatoms. The number of aromatic nitrogens is 1. The molecule has 2 N–H and O–H groups in total. The molecule has 0 atom stereocenters. The second kappa shape index (κ2) is 8.79. The van der Waals surface area contributed by atoms with Crippen molar-refractivity contribution in [3.8, 4) is 0 Å². The third-order valence-corrected chi connectivity index (χ3v) is 2.32. The van der Waals surface area contributed by atoms with Crippen LogP contribution >= 0.6 is 12.2 Å². The Labute approximate surface area is 113 Å². The van der Waals surface area contributed by atoms with E-state index < -0.39 is 0 Å². The van der Waals surface area contributed by atoms with Gasteiger partial charge in [0.2, 0.25) is 0 Å². The summed E-state index contributed by atoms with van der Waals surface area (Å²) in [5, 5.41) is 6.63. The van der Waals surface area contributed by atoms with E-state index in [0.29, 0.717) is 24.9 Å². The monoisotopic (exact) mass is 269 g/mol. The summed E-state index contributed by atoms with van der Waals surface area (Å²) in [5.41, 5.74) is 0.895. The number of hydrogen-bond donors (Lipinski definition) is 2. The maximum absolute atomic E-state index is 5.40. The maximum Gasteiger partial charge on any atom is 0.174 e. The molecule has 0 amide bonds. The van der Waals surface area contributed by atoms with Gasteiger partial charge in [0.25, 0.3) is 0 Å². The van der Waals surface area contributed by atoms with Crippen molar-refractivity contribution in [1.82, 2.24) is 10.3 Å². The minimum absolute atomic E-state index is 0.280. The lowest BCUT2D eigenvalue weighted by atomic mass is 10.4. The molecule has 0 unspecified atom stereocenters. The van der Waals surface area contributed by atoms with E-state index in [1.807, 2.05) is 26.0 Å². The van der Waals surface area contributed by atoms with Gasteiger partial charge in [-0.25, -0.2) is 0 Å². The lowest BCUT2D eigenvalue weighted by Crippen LogP contribution is -2.37. The van der Waals surface area contributed by atoms with Crippen molar-refractivity contribution < 1.29 is 9.47 Å². The fourth-order valence-electron chi connectivity index (χ4n) is 1.32. The van der Waals surface area contributed by atoms with Crippen molar-refractivity contribution in [3.63, 3.8) is 0 Å². The molecule has 0 aliphatic rings. The standard InChI is InChI=1S/C12H19N3O2S/c1-3-16-11(17-4-2)9-14-12(18)15-10-5-7-13-8-6-10/h5-8,11H,3-4,9H2,1-2H3,(H2,13,14,15,18). The second-order valence-electron chi connectivity index (χ2n) is 3.41. The summed E-state index contributed by atoms with van der Waals surface area (Å²) in [4.78, 5) is 3.93. The van der Waals surface area contributed by atoms with Gasteiger partial charge in [-0.2, -0.15) is 0 Å². The van der Waals surface area contributed by atoms with E-state index in [9.17, 15) is 0 Å². The Balaban J connectivity index is 2.31. The molecule has 0 fully saturated rings. The van der Waals surface area contributed by atoms with E-state index in [2.05, 4.69) is 15.6 Å². The van der Waals surface area contributed by atoms with Crippen LogP contribution in [-0.2, 0) is 9.47 Å². The average Bonchev–Trinajstić information content (AvgIpc) is 2.38. The van der Waals surface area contributed by atoms with Crippen molar-refractivity contribution in [3.05, 3.63) is 24.5 Å². The largest absolute Gasteiger partial charge is 0.357 e. The lowest BCUT2D eigenvalue weighted by Gasteiger charge is -2.18. The summed E-state index contributed by atoms with van der Waals surface area (Å²) in [6.07, 6.45) is 3.12. The molecule has 0 aromatic carbocycles. The van der Waals surface area contributed by atoms with Gasteiger partial charge in [-0.1, -0.05) is 0 Å². The van der Waals surface area contributed by atoms with Gasteiger partial charge in [0.05, 0.1) is 6.54 Å². The highest BCUT2D eigenvalue weighted by molar-refractivity contribution is 7.80. The molecule has 18 heavy (non-hydrogen) atoms. The fraction of sp³-hybridized carbons (Fsp3) is 0.500. The van der Waals surface area contributed by atoms with Crippen LogP contribution in [0, 0.1) is 0 Å². The zero-order valence-corrected chi connectivity index (χ0v) is 11.5. The Morgan fingerprint density at radius 2 is 1.89 bits per heavy atom. The van der Waals surface area contributed by atoms with Crippen LogP contribution in [0.3, 0.4) is 0 Å². The molecule has 1 rings (SSSR count). The van der Waals surface area contributed by atoms with Crippen LogP contribution in [0.4, 0.5) is 5.69 Å². The van der Waals surface area contributed by atoms with Gasteiger partial charge in [-0.05, 0) is 38.2 Å². The van der Waals surface area contributed by atoms with Crippen molar-refractivity contribution in [2.45, 2.75) is 20.1 Å². The molecular weight excluding hydrogens is 250 g/mol. The summed E-state index contributed by atoms with van der Waals surface area (Å²) >= 11 is 5.17. The van der Waals surface area contributed by atoms with Crippen molar-refractivity contribution in [1.29, 1.82) is 0 Å². The zero-order valence-electron chi connectivity index (χ0n) is 10.7. The Morgan fingerprint density at radius 1 is 1.28 bits per heavy atom. The van der Waals surface area contributed by atoms with Crippen LogP contribution in [0.2, 0.25) is 0 Å². The predicted octanol–water partition coefficient (Wildman–Crippen LogP) is 1.77. The number of hydrogen-bond acceptors (Lipinski definition) is 4. The Hall–Kier alpha value is -1.24. The molecule has 1 heterocycles. The quantitative estimate of drug-likeness (QED) is 0.581. The number of anilines is 1. The number of nitrogens with one attached hydrogen (secondary N) is 2. The number of pyridine rings is 1. The van der Waals surface area contributed by atoms with E-state index in [1.54, 1.807) is 12.4 Å². The molecule has 0 saturated heterocycles. The first-order chi connectivity index (χ1) is 8.76. The SMILES string of the molecule is CCOC(CNC(=S)Nc1ccncc1)OCC. The van der Waals surface area contributed by atoms with Crippen LogP contribution < -0.4 is 10.6 Å². The summed E-state index contributed by atoms with van der Waals surface area (Å²) in [6, 6.07) is 3.69. The summed E-state index contributed by atoms with van der Waals surface area (Å²) in [7, 11) is 0. The molecule has 0 radical (unpaired) electrons. The summed E-state index contributed by atoms with van der Waals surface area (Å²) in [6.45, 7) is 5.59. The van der Waals surface area contributed by atoms with E-state index in [0.717, 1.165) is 5.69 Å². The van der Waals surface area contributed by atoms with Crippen LogP contribution in [0.1, 0.15) is 13.8 Å². The Bertz CT molecular complexity index is 342. The predicted molar refractivity (Wildman–Crippen MR) is 75.5 cm³/mol. The van der Waals surface area contributed by atoms with E-state index in [1.165, 1.54) is 0 Å². The molecule has 0 aliphatic heterocycles. The summed E-state index contributed by atoms with van der Waals surface area (Å²) in [5.74, 6) is 0. The van der Waals surface area contributed by atoms with Crippen molar-refractivity contribution in [2.75, 3.05) is 25.1 Å². The minimum Gasteiger partial charge on any atom is -0.357 e. The number of nitrogens with zero attached hydrogens (tertiary/aromatic N) is 1. The van der Waals surface area contributed by atoms with Gasteiger partial charge in [-0.3, -0.25) is 4.98 Å². The third kappa shape index (κ3) is 5.90. The van der Waals surface area contributed by atoms with E-state index >= 15 is 0 Å². The molecular formula is C12H19N3O2S. The van der Waals surface area contributed by atoms with Crippen molar-refractivity contribution >= 4 is 23.0 Å². The Morgan fingerprint density at radius 3 is 2.44 bits per heavy atom. The molecule has 100 valence electrons. The van der Waals surface area contributed by atoms with Gasteiger partial charge >= 0.3 is 0 Å². The molecule has 1 aromatic rings. The van der Waals surface area contributed by atoms with Crippen LogP contribution in [0.15, 0.2) is 24.5 Å². The number of thiocarbonyl (C=S) groups is 1. The smallest absolute Gasteiger partial charge is 0.174 e. The highest BCUT2D eigenvalue weighted by Gasteiger charge is 2.08. The first kappa shape index (κ1) is 14.8. The summed E-state index contributed by atoms with van der Waals surface area (Å²) < 4.78 is 10.8. The normalized spacial score (nSPS) is 10.4. The molecule has 5 nitrogen and oxygen atoms in total. The third-order valence-electron chi connectivity index (χ3n) is 2.07. The maximum atomic E-state index is 5.40. The topological polar surface area (TPSA) is 55.4 Å². The van der Waals surface area contributed by atoms with Crippen molar-refractivity contribution in [2.24, 2.45) is 0 Å². The molecule has 1 aromatic heterocycles. The van der Waals surface area contributed by atoms with E-state index in [4.69, 9.17) is 21.7 Å². The zero-order chi connectivity index (χ0) is 13.2. The van der Waals surface area contributed by atoms with Gasteiger partial charge in [0.1, 0.15) is 0 Å². The highest BCUT2D eigenvalue weighted by atomic mass is 32.1. The lowest BCUT2D eigenvalue weighted by molar-refractivity contribution is -0.130. The fourth-order valence-corrected chi connectivity index (χ4v) is 1.53. The van der Waals surface area contributed by atoms with Gasteiger partial charge in [0, 0.05) is 31.3 Å². The first-order valence-electron chi connectivity index (χ1n) is 5.94. The molecule has 0 saturated carbocycles. The second-order valence-corrected chi connectivity index (χ2v) is 3.82. The van der Waals surface area contributed by atoms with Gasteiger partial charge in [0.15, 0.2) is 11.4 Å².